The monoisotopic (exact) mass is 479 g/mol. The van der Waals surface area contributed by atoms with E-state index >= 15 is 0 Å². The van der Waals surface area contributed by atoms with E-state index in [1.807, 2.05) is 63.2 Å². The van der Waals surface area contributed by atoms with Crippen molar-refractivity contribution in [3.8, 4) is 0 Å². The third kappa shape index (κ3) is 5.18. The third-order valence-electron chi connectivity index (χ3n) is 7.16. The van der Waals surface area contributed by atoms with Gasteiger partial charge in [-0.25, -0.2) is 9.64 Å². The van der Waals surface area contributed by atoms with E-state index < -0.39 is 5.60 Å². The molecule has 2 aromatic rings. The smallest absolute Gasteiger partial charge is 0.338 e. The molecular weight excluding hydrogens is 446 g/mol. The van der Waals surface area contributed by atoms with E-state index in [1.54, 1.807) is 0 Å². The van der Waals surface area contributed by atoms with Gasteiger partial charge >= 0.3 is 5.97 Å². The van der Waals surface area contributed by atoms with Gasteiger partial charge in [-0.05, 0) is 88.3 Å². The molecule has 2 fully saturated rings. The van der Waals surface area contributed by atoms with Crippen LogP contribution in [-0.2, 0) is 4.74 Å². The standard InChI is InChI=1S/C28H34ClN3O2/c1-6-21-18-28(19-32(21)23-11-12-25(30-5)24(29)17-23)13-15-31(16-14-28)22-9-7-20(8-10-22)26(33)34-27(2,3)4/h7-12,17,21H,6,13-16,18-19H2,1-4H3/t21-/m0/s1. The van der Waals surface area contributed by atoms with Gasteiger partial charge in [0.05, 0.1) is 12.1 Å². The van der Waals surface area contributed by atoms with Gasteiger partial charge in [-0.15, -0.1) is 0 Å². The molecule has 0 aliphatic carbocycles. The molecule has 2 aromatic carbocycles. The highest BCUT2D eigenvalue weighted by Crippen LogP contribution is 2.47. The Balaban J connectivity index is 1.41. The molecule has 2 aliphatic heterocycles. The van der Waals surface area contributed by atoms with Crippen LogP contribution < -0.4 is 9.80 Å². The first-order valence-corrected chi connectivity index (χ1v) is 12.5. The van der Waals surface area contributed by atoms with Crippen LogP contribution in [-0.4, -0.2) is 37.2 Å². The highest BCUT2D eigenvalue weighted by Gasteiger charge is 2.45. The quantitative estimate of drug-likeness (QED) is 0.345. The minimum Gasteiger partial charge on any atom is -0.456 e. The minimum atomic E-state index is -0.493. The molecular formula is C28H34ClN3O2. The number of rotatable bonds is 4. The number of hydrogen-bond acceptors (Lipinski definition) is 4. The topological polar surface area (TPSA) is 37.1 Å². The number of nitrogens with zero attached hydrogens (tertiary/aromatic N) is 3. The van der Waals surface area contributed by atoms with Crippen molar-refractivity contribution in [2.45, 2.75) is 65.0 Å². The Hall–Kier alpha value is -2.71. The molecule has 4 rings (SSSR count). The maximum atomic E-state index is 12.3. The van der Waals surface area contributed by atoms with Crippen LogP contribution in [0.1, 0.15) is 63.7 Å². The normalized spacial score (nSPS) is 19.8. The SMILES string of the molecule is [C-]#[N+]c1ccc(N2CC3(CCN(c4ccc(C(=O)OC(C)(C)C)cc4)CC3)C[C@@H]2CC)cc1Cl. The predicted molar refractivity (Wildman–Crippen MR) is 139 cm³/mol. The summed E-state index contributed by atoms with van der Waals surface area (Å²) in [6.45, 7) is 18.2. The van der Waals surface area contributed by atoms with E-state index in [9.17, 15) is 4.79 Å². The molecule has 2 saturated heterocycles. The Morgan fingerprint density at radius 2 is 1.79 bits per heavy atom. The van der Waals surface area contributed by atoms with Crippen molar-refractivity contribution in [3.63, 3.8) is 0 Å². The number of hydrogen-bond donors (Lipinski definition) is 0. The van der Waals surface area contributed by atoms with Crippen molar-refractivity contribution in [2.75, 3.05) is 29.4 Å². The zero-order chi connectivity index (χ0) is 24.5. The molecule has 2 aliphatic rings. The number of carbonyl (C=O) groups excluding carboxylic acids is 1. The summed E-state index contributed by atoms with van der Waals surface area (Å²) in [5.41, 5.74) is 3.20. The Morgan fingerprint density at radius 3 is 2.35 bits per heavy atom. The summed E-state index contributed by atoms with van der Waals surface area (Å²) in [6.07, 6.45) is 4.57. The van der Waals surface area contributed by atoms with Crippen LogP contribution in [0.2, 0.25) is 5.02 Å². The highest BCUT2D eigenvalue weighted by atomic mass is 35.5. The predicted octanol–water partition coefficient (Wildman–Crippen LogP) is 7.12. The van der Waals surface area contributed by atoms with Crippen molar-refractivity contribution in [2.24, 2.45) is 5.41 Å². The number of ether oxygens (including phenoxy) is 1. The van der Waals surface area contributed by atoms with Crippen LogP contribution in [0.4, 0.5) is 17.1 Å². The number of anilines is 2. The van der Waals surface area contributed by atoms with Gasteiger partial charge < -0.3 is 14.5 Å². The molecule has 0 bridgehead atoms. The summed E-state index contributed by atoms with van der Waals surface area (Å²) in [6, 6.07) is 14.1. The maximum Gasteiger partial charge on any atom is 0.338 e. The molecule has 0 aromatic heterocycles. The fraction of sp³-hybridized carbons (Fsp3) is 0.500. The fourth-order valence-corrected chi connectivity index (χ4v) is 5.56. The molecule has 0 unspecified atom stereocenters. The van der Waals surface area contributed by atoms with Crippen LogP contribution in [0, 0.1) is 12.0 Å². The van der Waals surface area contributed by atoms with Gasteiger partial charge in [0.2, 0.25) is 5.69 Å². The summed E-state index contributed by atoms with van der Waals surface area (Å²) in [5.74, 6) is -0.280. The lowest BCUT2D eigenvalue weighted by atomic mass is 9.76. The first-order chi connectivity index (χ1) is 16.1. The zero-order valence-electron chi connectivity index (χ0n) is 20.6. The number of esters is 1. The van der Waals surface area contributed by atoms with Crippen LogP contribution in [0.3, 0.4) is 0 Å². The summed E-state index contributed by atoms with van der Waals surface area (Å²) >= 11 is 6.35. The first-order valence-electron chi connectivity index (χ1n) is 12.1. The van der Waals surface area contributed by atoms with Gasteiger partial charge in [-0.2, -0.15) is 0 Å². The van der Waals surface area contributed by atoms with E-state index in [1.165, 1.54) is 6.42 Å². The Bertz CT molecular complexity index is 1080. The summed E-state index contributed by atoms with van der Waals surface area (Å²) in [4.78, 5) is 20.7. The van der Waals surface area contributed by atoms with Crippen LogP contribution >= 0.6 is 11.6 Å². The molecule has 0 saturated carbocycles. The largest absolute Gasteiger partial charge is 0.456 e. The van der Waals surface area contributed by atoms with E-state index in [4.69, 9.17) is 22.9 Å². The second-order valence-corrected chi connectivity index (χ2v) is 11.1. The van der Waals surface area contributed by atoms with Crippen molar-refractivity contribution in [3.05, 3.63) is 64.5 Å². The van der Waals surface area contributed by atoms with E-state index in [0.29, 0.717) is 27.7 Å². The van der Waals surface area contributed by atoms with Crippen LogP contribution in [0.5, 0.6) is 0 Å². The lowest BCUT2D eigenvalue weighted by Crippen LogP contribution is -2.41. The van der Waals surface area contributed by atoms with Gasteiger partial charge in [0.15, 0.2) is 0 Å². The van der Waals surface area contributed by atoms with E-state index in [-0.39, 0.29) is 5.97 Å². The molecule has 1 spiro atoms. The zero-order valence-corrected chi connectivity index (χ0v) is 21.4. The number of piperidine rings is 1. The molecule has 0 radical (unpaired) electrons. The minimum absolute atomic E-state index is 0.280. The highest BCUT2D eigenvalue weighted by molar-refractivity contribution is 6.33. The van der Waals surface area contributed by atoms with Crippen molar-refractivity contribution < 1.29 is 9.53 Å². The van der Waals surface area contributed by atoms with Gasteiger partial charge in [0, 0.05) is 42.1 Å². The second kappa shape index (κ2) is 9.50. The van der Waals surface area contributed by atoms with Crippen molar-refractivity contribution in [1.29, 1.82) is 0 Å². The Morgan fingerprint density at radius 1 is 1.15 bits per heavy atom. The van der Waals surface area contributed by atoms with Gasteiger partial charge in [0.25, 0.3) is 0 Å². The molecule has 1 atom stereocenters. The summed E-state index contributed by atoms with van der Waals surface area (Å²) in [5, 5.41) is 0.535. The average molecular weight is 480 g/mol. The lowest BCUT2D eigenvalue weighted by molar-refractivity contribution is 0.00695. The summed E-state index contributed by atoms with van der Waals surface area (Å²) in [7, 11) is 0. The molecule has 0 N–H and O–H groups in total. The molecule has 0 amide bonds. The van der Waals surface area contributed by atoms with E-state index in [0.717, 1.165) is 50.3 Å². The lowest BCUT2D eigenvalue weighted by Gasteiger charge is -2.40. The molecule has 5 nitrogen and oxygen atoms in total. The molecule has 180 valence electrons. The van der Waals surface area contributed by atoms with Crippen molar-refractivity contribution >= 4 is 34.6 Å². The fourth-order valence-electron chi connectivity index (χ4n) is 5.34. The van der Waals surface area contributed by atoms with Gasteiger partial charge in [-0.3, -0.25) is 0 Å². The van der Waals surface area contributed by atoms with Gasteiger partial charge in [-0.1, -0.05) is 24.6 Å². The van der Waals surface area contributed by atoms with Crippen LogP contribution in [0.15, 0.2) is 42.5 Å². The Kier molecular flexibility index (Phi) is 6.82. The third-order valence-corrected chi connectivity index (χ3v) is 7.46. The van der Waals surface area contributed by atoms with E-state index in [2.05, 4.69) is 21.6 Å². The average Bonchev–Trinajstić information content (AvgIpc) is 3.16. The molecule has 6 heteroatoms. The first kappa shape index (κ1) is 24.4. The second-order valence-electron chi connectivity index (χ2n) is 10.7. The Labute approximate surface area is 208 Å². The molecule has 2 heterocycles. The molecule has 34 heavy (non-hydrogen) atoms. The maximum absolute atomic E-state index is 12.3. The summed E-state index contributed by atoms with van der Waals surface area (Å²) < 4.78 is 5.48. The van der Waals surface area contributed by atoms with Crippen LogP contribution in [0.25, 0.3) is 4.85 Å². The van der Waals surface area contributed by atoms with Gasteiger partial charge in [0.1, 0.15) is 5.60 Å². The van der Waals surface area contributed by atoms with Crippen molar-refractivity contribution in [1.82, 2.24) is 0 Å². The number of benzene rings is 2. The number of halogens is 1. The number of carbonyl (C=O) groups is 1.